The zero-order chi connectivity index (χ0) is 12.8. The third-order valence-electron chi connectivity index (χ3n) is 2.27. The number of hydrogen-bond donors (Lipinski definition) is 1. The highest BCUT2D eigenvalue weighted by Crippen LogP contribution is 2.12. The molecule has 17 heavy (non-hydrogen) atoms. The van der Waals surface area contributed by atoms with E-state index in [0.717, 1.165) is 18.2 Å². The van der Waals surface area contributed by atoms with Gasteiger partial charge in [0.15, 0.2) is 0 Å². The van der Waals surface area contributed by atoms with E-state index in [2.05, 4.69) is 15.3 Å². The van der Waals surface area contributed by atoms with E-state index in [0.29, 0.717) is 6.54 Å². The van der Waals surface area contributed by atoms with Crippen LogP contribution in [0.25, 0.3) is 0 Å². The Balaban J connectivity index is 2.71. The van der Waals surface area contributed by atoms with Gasteiger partial charge in [-0.2, -0.15) is 0 Å². The average Bonchev–Trinajstić information content (AvgIpc) is 2.29. The highest BCUT2D eigenvalue weighted by molar-refractivity contribution is 5.80. The molecule has 0 saturated heterocycles. The Hall–Kier alpha value is -1.85. The number of carbonyl (C=O) groups excluding carboxylic acids is 1. The Morgan fingerprint density at radius 1 is 1.35 bits per heavy atom. The summed E-state index contributed by atoms with van der Waals surface area (Å²) in [7, 11) is 5.31. The largest absolute Gasteiger partial charge is 0.370 e. The second kappa shape index (κ2) is 6.03. The third-order valence-corrected chi connectivity index (χ3v) is 2.27. The molecular weight excluding hydrogens is 218 g/mol. The fourth-order valence-corrected chi connectivity index (χ4v) is 1.26. The van der Waals surface area contributed by atoms with Gasteiger partial charge in [-0.3, -0.25) is 4.79 Å². The summed E-state index contributed by atoms with van der Waals surface area (Å²) in [4.78, 5) is 23.1. The standard InChI is InChI=1S/C11H19N5O/c1-5-12-9-6-10(14-8-13-9)16(4)7-11(17)15(2)3/h6,8H,5,7H2,1-4H3,(H,12,13,14). The van der Waals surface area contributed by atoms with E-state index < -0.39 is 0 Å². The molecule has 1 aromatic heterocycles. The van der Waals surface area contributed by atoms with Gasteiger partial charge >= 0.3 is 0 Å². The van der Waals surface area contributed by atoms with E-state index in [1.807, 2.05) is 20.0 Å². The molecular formula is C11H19N5O. The van der Waals surface area contributed by atoms with Crippen molar-refractivity contribution in [3.8, 4) is 0 Å². The Kier molecular flexibility index (Phi) is 4.68. The van der Waals surface area contributed by atoms with Crippen molar-refractivity contribution in [2.24, 2.45) is 0 Å². The van der Waals surface area contributed by atoms with Gasteiger partial charge in [0.2, 0.25) is 5.91 Å². The smallest absolute Gasteiger partial charge is 0.241 e. The van der Waals surface area contributed by atoms with Gasteiger partial charge in [0.25, 0.3) is 0 Å². The van der Waals surface area contributed by atoms with E-state index in [1.54, 1.807) is 23.9 Å². The maximum Gasteiger partial charge on any atom is 0.241 e. The van der Waals surface area contributed by atoms with Crippen LogP contribution < -0.4 is 10.2 Å². The minimum absolute atomic E-state index is 0.0381. The number of nitrogens with one attached hydrogen (secondary N) is 1. The monoisotopic (exact) mass is 237 g/mol. The predicted octanol–water partition coefficient (Wildman–Crippen LogP) is 0.433. The van der Waals surface area contributed by atoms with Crippen LogP contribution in [0.3, 0.4) is 0 Å². The topological polar surface area (TPSA) is 61.4 Å². The molecule has 0 radical (unpaired) electrons. The SMILES string of the molecule is CCNc1cc(N(C)CC(=O)N(C)C)ncn1. The van der Waals surface area contributed by atoms with Gasteiger partial charge in [-0.1, -0.05) is 0 Å². The average molecular weight is 237 g/mol. The van der Waals surface area contributed by atoms with Gasteiger partial charge < -0.3 is 15.1 Å². The summed E-state index contributed by atoms with van der Waals surface area (Å²) in [6, 6.07) is 1.83. The first-order valence-corrected chi connectivity index (χ1v) is 5.51. The number of rotatable bonds is 5. The summed E-state index contributed by atoms with van der Waals surface area (Å²) < 4.78 is 0. The van der Waals surface area contributed by atoms with E-state index in [9.17, 15) is 4.79 Å². The van der Waals surface area contributed by atoms with E-state index in [1.165, 1.54) is 6.33 Å². The van der Waals surface area contributed by atoms with E-state index in [-0.39, 0.29) is 5.91 Å². The number of anilines is 2. The summed E-state index contributed by atoms with van der Waals surface area (Å²) in [6.07, 6.45) is 1.49. The Bertz CT molecular complexity index is 380. The highest BCUT2D eigenvalue weighted by Gasteiger charge is 2.10. The number of likely N-dealkylation sites (N-methyl/N-ethyl adjacent to an activating group) is 2. The van der Waals surface area contributed by atoms with Gasteiger partial charge in [-0.05, 0) is 6.92 Å². The van der Waals surface area contributed by atoms with Crippen LogP contribution in [0.5, 0.6) is 0 Å². The number of nitrogens with zero attached hydrogens (tertiary/aromatic N) is 4. The maximum absolute atomic E-state index is 11.6. The van der Waals surface area contributed by atoms with E-state index >= 15 is 0 Å². The van der Waals surface area contributed by atoms with Crippen LogP contribution in [0.4, 0.5) is 11.6 Å². The van der Waals surface area contributed by atoms with Gasteiger partial charge in [0.1, 0.15) is 18.0 Å². The molecule has 0 saturated carbocycles. The van der Waals surface area contributed by atoms with Gasteiger partial charge in [-0.25, -0.2) is 9.97 Å². The summed E-state index contributed by atoms with van der Waals surface area (Å²) in [6.45, 7) is 3.10. The van der Waals surface area contributed by atoms with Crippen LogP contribution >= 0.6 is 0 Å². The zero-order valence-electron chi connectivity index (χ0n) is 10.8. The number of carbonyl (C=O) groups is 1. The maximum atomic E-state index is 11.6. The molecule has 1 heterocycles. The predicted molar refractivity (Wildman–Crippen MR) is 68.2 cm³/mol. The molecule has 0 bridgehead atoms. The zero-order valence-corrected chi connectivity index (χ0v) is 10.8. The van der Waals surface area contributed by atoms with Crippen molar-refractivity contribution in [1.82, 2.24) is 14.9 Å². The van der Waals surface area contributed by atoms with Crippen molar-refractivity contribution in [2.75, 3.05) is 44.4 Å². The van der Waals surface area contributed by atoms with Crippen molar-refractivity contribution in [3.63, 3.8) is 0 Å². The second-order valence-corrected chi connectivity index (χ2v) is 3.94. The third kappa shape index (κ3) is 3.90. The van der Waals surface area contributed by atoms with Crippen LogP contribution in [0.15, 0.2) is 12.4 Å². The molecule has 0 atom stereocenters. The molecule has 1 amide bonds. The van der Waals surface area contributed by atoms with Crippen LogP contribution in [0.1, 0.15) is 6.92 Å². The van der Waals surface area contributed by atoms with Crippen LogP contribution in [0, 0.1) is 0 Å². The van der Waals surface area contributed by atoms with Crippen molar-refractivity contribution < 1.29 is 4.79 Å². The lowest BCUT2D eigenvalue weighted by Gasteiger charge is -2.20. The van der Waals surface area contributed by atoms with Crippen molar-refractivity contribution in [2.45, 2.75) is 6.92 Å². The minimum atomic E-state index is 0.0381. The summed E-state index contributed by atoms with van der Waals surface area (Å²) in [5.41, 5.74) is 0. The summed E-state index contributed by atoms with van der Waals surface area (Å²) in [5, 5.41) is 3.11. The van der Waals surface area contributed by atoms with Crippen molar-refractivity contribution >= 4 is 17.5 Å². The minimum Gasteiger partial charge on any atom is -0.370 e. The van der Waals surface area contributed by atoms with E-state index in [4.69, 9.17) is 0 Å². The Morgan fingerprint density at radius 2 is 2.06 bits per heavy atom. The molecule has 1 N–H and O–H groups in total. The van der Waals surface area contributed by atoms with Crippen LogP contribution in [0.2, 0.25) is 0 Å². The number of amides is 1. The molecule has 0 spiro atoms. The summed E-state index contributed by atoms with van der Waals surface area (Å²) >= 11 is 0. The quantitative estimate of drug-likeness (QED) is 0.805. The normalized spacial score (nSPS) is 9.88. The summed E-state index contributed by atoms with van der Waals surface area (Å²) in [5.74, 6) is 1.53. The van der Waals surface area contributed by atoms with Crippen LogP contribution in [-0.4, -0.2) is 55.0 Å². The molecule has 1 aromatic rings. The van der Waals surface area contributed by atoms with Gasteiger partial charge in [0, 0.05) is 33.8 Å². The first-order valence-electron chi connectivity index (χ1n) is 5.51. The van der Waals surface area contributed by atoms with Gasteiger partial charge in [-0.15, -0.1) is 0 Å². The molecule has 1 rings (SSSR count). The fraction of sp³-hybridized carbons (Fsp3) is 0.545. The molecule has 0 aliphatic rings. The first kappa shape index (κ1) is 13.2. The number of hydrogen-bond acceptors (Lipinski definition) is 5. The molecule has 0 aliphatic carbocycles. The molecule has 0 unspecified atom stereocenters. The lowest BCUT2D eigenvalue weighted by Crippen LogP contribution is -2.34. The molecule has 0 aliphatic heterocycles. The lowest BCUT2D eigenvalue weighted by molar-refractivity contribution is -0.127. The molecule has 6 nitrogen and oxygen atoms in total. The molecule has 6 heteroatoms. The van der Waals surface area contributed by atoms with Crippen LogP contribution in [-0.2, 0) is 4.79 Å². The highest BCUT2D eigenvalue weighted by atomic mass is 16.2. The van der Waals surface area contributed by atoms with Gasteiger partial charge in [0.05, 0.1) is 6.54 Å². The molecule has 0 aromatic carbocycles. The number of aromatic nitrogens is 2. The van der Waals surface area contributed by atoms with Crippen molar-refractivity contribution in [1.29, 1.82) is 0 Å². The first-order chi connectivity index (χ1) is 8.04. The Morgan fingerprint density at radius 3 is 2.65 bits per heavy atom. The van der Waals surface area contributed by atoms with Crippen molar-refractivity contribution in [3.05, 3.63) is 12.4 Å². The molecule has 94 valence electrons. The fourth-order valence-electron chi connectivity index (χ4n) is 1.26. The molecule has 0 fully saturated rings. The Labute approximate surface area is 102 Å². The lowest BCUT2D eigenvalue weighted by atomic mass is 10.4. The second-order valence-electron chi connectivity index (χ2n) is 3.94.